The van der Waals surface area contributed by atoms with E-state index in [1.54, 1.807) is 6.20 Å². The fraction of sp³-hybridized carbons (Fsp3) is 0.600. The van der Waals surface area contributed by atoms with Gasteiger partial charge in [-0.05, 0) is 55.8 Å². The summed E-state index contributed by atoms with van der Waals surface area (Å²) in [5.74, 6) is 0.202. The first-order valence-corrected chi connectivity index (χ1v) is 21.6. The second-order valence-electron chi connectivity index (χ2n) is 14.4. The molecule has 1 aliphatic rings. The van der Waals surface area contributed by atoms with Crippen molar-refractivity contribution in [1.82, 2.24) is 25.5 Å². The number of H-pyrrole nitrogens is 1. The van der Waals surface area contributed by atoms with Crippen molar-refractivity contribution in [3.63, 3.8) is 0 Å². The van der Waals surface area contributed by atoms with Crippen molar-refractivity contribution >= 4 is 56.7 Å². The molecular weight excluding hydrogens is 585 g/mol. The number of anilines is 1. The smallest absolute Gasteiger partial charge is 0.272 e. The van der Waals surface area contributed by atoms with E-state index in [1.165, 1.54) is 0 Å². The summed E-state index contributed by atoms with van der Waals surface area (Å²) in [5.41, 5.74) is 0.572. The van der Waals surface area contributed by atoms with E-state index in [-0.39, 0.29) is 28.6 Å². The highest BCUT2D eigenvalue weighted by Crippen LogP contribution is 2.41. The Hall–Kier alpha value is -2.19. The van der Waals surface area contributed by atoms with E-state index >= 15 is 4.39 Å². The van der Waals surface area contributed by atoms with E-state index < -0.39 is 22.1 Å². The normalized spacial score (nSPS) is 18.5. The molecule has 0 aliphatic carbocycles. The van der Waals surface area contributed by atoms with Gasteiger partial charge in [-0.2, -0.15) is 5.10 Å². The topological polar surface area (TPSA) is 82.0 Å². The van der Waals surface area contributed by atoms with Crippen LogP contribution in [0.2, 0.25) is 42.8 Å². The van der Waals surface area contributed by atoms with Crippen LogP contribution in [0.15, 0.2) is 18.3 Å². The quantitative estimate of drug-likeness (QED) is 0.137. The molecule has 0 amide bonds. The van der Waals surface area contributed by atoms with E-state index in [9.17, 15) is 0 Å². The van der Waals surface area contributed by atoms with Gasteiger partial charge in [0.15, 0.2) is 19.8 Å². The van der Waals surface area contributed by atoms with E-state index in [0.717, 1.165) is 5.39 Å². The van der Waals surface area contributed by atoms with Gasteiger partial charge in [0.2, 0.25) is 0 Å². The number of piperazine rings is 1. The first kappa shape index (κ1) is 32.7. The zero-order chi connectivity index (χ0) is 31.4. The van der Waals surface area contributed by atoms with Crippen LogP contribution in [0.3, 0.4) is 0 Å². The molecule has 0 aromatic carbocycles. The van der Waals surface area contributed by atoms with E-state index in [2.05, 4.69) is 111 Å². The number of halogens is 2. The second-order valence-corrected chi connectivity index (χ2v) is 24.5. The van der Waals surface area contributed by atoms with Crippen molar-refractivity contribution in [3.05, 3.63) is 29.2 Å². The molecule has 230 valence electrons. The highest BCUT2D eigenvalue weighted by atomic mass is 35.5. The average Bonchev–Trinajstić information content (AvgIpc) is 3.30. The minimum Gasteiger partial charge on any atom is -0.360 e. The molecule has 0 bridgehead atoms. The highest BCUT2D eigenvalue weighted by Gasteiger charge is 2.51. The third-order valence-corrected chi connectivity index (χ3v) is 16.0. The van der Waals surface area contributed by atoms with Crippen LogP contribution in [-0.4, -0.2) is 85.3 Å². The number of nitrogens with one attached hydrogen (secondary N) is 2. The zero-order valence-electron chi connectivity index (χ0n) is 27.1. The van der Waals surface area contributed by atoms with Gasteiger partial charge in [-0.25, -0.2) is 18.9 Å². The van der Waals surface area contributed by atoms with Gasteiger partial charge in [0.25, 0.3) is 5.72 Å². The lowest BCUT2D eigenvalue weighted by atomic mass is 10.0. The van der Waals surface area contributed by atoms with Crippen LogP contribution in [0.5, 0.6) is 0 Å². The summed E-state index contributed by atoms with van der Waals surface area (Å²) in [5, 5.41) is 12.6. The molecule has 1 aliphatic heterocycles. The number of aromatic nitrogens is 4. The molecule has 4 heterocycles. The molecule has 4 rings (SSSR count). The summed E-state index contributed by atoms with van der Waals surface area (Å²) in [6, 6.07) is 3.77. The Morgan fingerprint density at radius 3 is 2.45 bits per heavy atom. The Morgan fingerprint density at radius 2 is 1.86 bits per heavy atom. The maximum Gasteiger partial charge on any atom is 0.272 e. The Labute approximate surface area is 257 Å². The first-order valence-electron chi connectivity index (χ1n) is 14.8. The summed E-state index contributed by atoms with van der Waals surface area (Å²) in [6.45, 7) is 30.2. The molecule has 0 saturated carbocycles. The Morgan fingerprint density at radius 1 is 1.19 bits per heavy atom. The molecular formula is C30H48ClFN7OSi2+. The SMILES string of the molecule is C=[N+](C(C)C)C(C)(O[Si](C)(C)C)C1CN(c2nc(-c3[nH]nc4ncccc34)c(F)c([Si](C)(C)C(C)(C)C)c2Cl)CCN1. The van der Waals surface area contributed by atoms with Gasteiger partial charge >= 0.3 is 0 Å². The first-order chi connectivity index (χ1) is 19.3. The molecule has 1 fully saturated rings. The maximum atomic E-state index is 16.8. The van der Waals surface area contributed by atoms with Crippen molar-refractivity contribution in [2.24, 2.45) is 0 Å². The number of hydrogen-bond donors (Lipinski definition) is 2. The van der Waals surface area contributed by atoms with Crippen LogP contribution in [0.4, 0.5) is 10.2 Å². The molecule has 0 spiro atoms. The number of fused-ring (bicyclic) bond motifs is 1. The number of hydrogen-bond acceptors (Lipinski definition) is 6. The molecule has 1 saturated heterocycles. The van der Waals surface area contributed by atoms with Gasteiger partial charge in [0, 0.05) is 38.1 Å². The summed E-state index contributed by atoms with van der Waals surface area (Å²) in [4.78, 5) is 11.5. The maximum absolute atomic E-state index is 16.8. The minimum absolute atomic E-state index is 0.0993. The van der Waals surface area contributed by atoms with Crippen molar-refractivity contribution in [3.8, 4) is 11.4 Å². The lowest BCUT2D eigenvalue weighted by molar-refractivity contribution is -0.669. The standard InChI is InChI=1S/C30H48ClFN7OSi2/c1-19(2)38(7)30(6,40-41(8,9)10)21-18-39(17-16-33-21)28-22(31)26(42(11,12)29(3,4)5)23(32)25(35-28)24-20-14-13-15-34-27(20)37-36-24/h13-15,19,21,33H,7,16-18H2,1-6,8-12H3,(H,34,36,37)/q+1. The molecule has 3 aromatic rings. The Balaban J connectivity index is 1.91. The minimum atomic E-state index is -2.47. The van der Waals surface area contributed by atoms with Crippen LogP contribution >= 0.6 is 11.6 Å². The zero-order valence-corrected chi connectivity index (χ0v) is 29.9. The summed E-state index contributed by atoms with van der Waals surface area (Å²) in [7, 11) is -4.45. The molecule has 2 atom stereocenters. The average molecular weight is 633 g/mol. The van der Waals surface area contributed by atoms with Crippen molar-refractivity contribution < 1.29 is 13.4 Å². The molecule has 8 nitrogen and oxygen atoms in total. The largest absolute Gasteiger partial charge is 0.360 e. The number of rotatable bonds is 8. The van der Waals surface area contributed by atoms with Crippen molar-refractivity contribution in [2.75, 3.05) is 24.5 Å². The van der Waals surface area contributed by atoms with Crippen LogP contribution in [0.1, 0.15) is 41.5 Å². The summed E-state index contributed by atoms with van der Waals surface area (Å²) < 4.78 is 25.7. The van der Waals surface area contributed by atoms with Gasteiger partial charge in [-0.3, -0.25) is 5.10 Å². The summed E-state index contributed by atoms with van der Waals surface area (Å²) in [6.07, 6.45) is 1.68. The number of aromatic amines is 1. The van der Waals surface area contributed by atoms with Gasteiger partial charge in [0.05, 0.1) is 18.8 Å². The fourth-order valence-corrected chi connectivity index (χ4v) is 10.2. The van der Waals surface area contributed by atoms with Gasteiger partial charge in [-0.15, -0.1) is 0 Å². The lowest BCUT2D eigenvalue weighted by Crippen LogP contribution is -2.68. The van der Waals surface area contributed by atoms with Gasteiger partial charge < -0.3 is 14.6 Å². The molecule has 0 radical (unpaired) electrons. The van der Waals surface area contributed by atoms with Crippen LogP contribution < -0.4 is 15.4 Å². The Kier molecular flexibility index (Phi) is 8.87. The number of nitrogens with zero attached hydrogens (tertiary/aromatic N) is 5. The van der Waals surface area contributed by atoms with Crippen molar-refractivity contribution in [1.29, 1.82) is 0 Å². The van der Waals surface area contributed by atoms with E-state index in [4.69, 9.17) is 21.0 Å². The van der Waals surface area contributed by atoms with E-state index in [0.29, 0.717) is 47.0 Å². The highest BCUT2D eigenvalue weighted by molar-refractivity contribution is 6.93. The summed E-state index contributed by atoms with van der Waals surface area (Å²) >= 11 is 7.26. The Bertz CT molecular complexity index is 1480. The third kappa shape index (κ3) is 5.95. The van der Waals surface area contributed by atoms with Crippen LogP contribution in [0, 0.1) is 5.82 Å². The predicted octanol–water partition coefficient (Wildman–Crippen LogP) is 6.00. The molecule has 42 heavy (non-hydrogen) atoms. The van der Waals surface area contributed by atoms with Crippen molar-refractivity contribution in [2.45, 2.75) is 97.1 Å². The van der Waals surface area contributed by atoms with Gasteiger partial charge in [-0.1, -0.05) is 45.5 Å². The predicted molar refractivity (Wildman–Crippen MR) is 178 cm³/mol. The molecule has 12 heteroatoms. The van der Waals surface area contributed by atoms with E-state index in [1.807, 2.05) is 12.1 Å². The monoisotopic (exact) mass is 632 g/mol. The van der Waals surface area contributed by atoms with Crippen LogP contribution in [0.25, 0.3) is 22.4 Å². The molecule has 3 aromatic heterocycles. The molecule has 2 N–H and O–H groups in total. The second kappa shape index (κ2) is 11.4. The number of pyridine rings is 2. The third-order valence-electron chi connectivity index (χ3n) is 8.96. The fourth-order valence-electron chi connectivity index (χ4n) is 5.62. The van der Waals surface area contributed by atoms with Crippen LogP contribution in [-0.2, 0) is 4.43 Å². The molecule has 2 unspecified atom stereocenters. The van der Waals surface area contributed by atoms with Gasteiger partial charge in [0.1, 0.15) is 30.3 Å². The lowest BCUT2D eigenvalue weighted by Gasteiger charge is -2.45.